The Labute approximate surface area is 288 Å². The van der Waals surface area contributed by atoms with Gasteiger partial charge in [0.1, 0.15) is 11.5 Å². The third kappa shape index (κ3) is 4.55. The van der Waals surface area contributed by atoms with Crippen LogP contribution in [0.4, 0.5) is 17.1 Å². The maximum Gasteiger partial charge on any atom is 0.135 e. The molecule has 3 heteroatoms. The Morgan fingerprint density at radius 3 is 1.94 bits per heavy atom. The number of benzene rings is 8. The van der Waals surface area contributed by atoms with Crippen LogP contribution in [0.5, 0.6) is 11.5 Å². The topological polar surface area (TPSA) is 12.5 Å². The van der Waals surface area contributed by atoms with E-state index >= 15 is 0 Å². The summed E-state index contributed by atoms with van der Waals surface area (Å²) in [5.41, 5.74) is 10.5. The molecule has 0 atom stereocenters. The van der Waals surface area contributed by atoms with E-state index in [4.69, 9.17) is 4.74 Å². The minimum atomic E-state index is 0.886. The monoisotopic (exact) mass is 643 g/mol. The van der Waals surface area contributed by atoms with Crippen molar-refractivity contribution in [2.75, 3.05) is 4.90 Å². The normalized spacial score (nSPS) is 11.8. The molecule has 0 aliphatic carbocycles. The lowest BCUT2D eigenvalue weighted by Gasteiger charge is -2.26. The summed E-state index contributed by atoms with van der Waals surface area (Å²) in [6.45, 7) is 0. The number of thiophene rings is 1. The summed E-state index contributed by atoms with van der Waals surface area (Å²) in [4.78, 5) is 2.37. The second-order valence-corrected chi connectivity index (χ2v) is 13.5. The van der Waals surface area contributed by atoms with E-state index in [2.05, 4.69) is 181 Å². The highest BCUT2D eigenvalue weighted by molar-refractivity contribution is 7.26. The van der Waals surface area contributed by atoms with Crippen molar-refractivity contribution in [3.05, 3.63) is 176 Å². The summed E-state index contributed by atoms with van der Waals surface area (Å²) in [5.74, 6) is 1.79. The van der Waals surface area contributed by atoms with Crippen molar-refractivity contribution in [2.45, 2.75) is 0 Å². The largest absolute Gasteiger partial charge is 0.456 e. The van der Waals surface area contributed by atoms with Gasteiger partial charge in [-0.05, 0) is 87.8 Å². The Balaban J connectivity index is 1.04. The summed E-state index contributed by atoms with van der Waals surface area (Å²) in [7, 11) is 0. The third-order valence-corrected chi connectivity index (χ3v) is 10.9. The van der Waals surface area contributed by atoms with Crippen LogP contribution >= 0.6 is 11.3 Å². The average Bonchev–Trinajstić information content (AvgIpc) is 3.56. The van der Waals surface area contributed by atoms with Crippen LogP contribution in [-0.4, -0.2) is 0 Å². The number of nitrogens with zero attached hydrogens (tertiary/aromatic N) is 1. The summed E-state index contributed by atoms with van der Waals surface area (Å²) in [6.07, 6.45) is 0. The zero-order valence-corrected chi connectivity index (χ0v) is 27.3. The van der Waals surface area contributed by atoms with Gasteiger partial charge in [0.25, 0.3) is 0 Å². The Hall–Kier alpha value is -6.16. The standard InChI is InChI=1S/C46H29NOS/c1-3-11-31(12-4-1)35-27-28-42-45-38(35)16-9-17-39(45)36-26-23-32(29-43(36)48-42)30-21-24-34(25-22-30)47(33-13-5-2-6-14-33)41-19-10-18-40-37-15-7-8-20-44(37)49-46(40)41/h1-29H. The highest BCUT2D eigenvalue weighted by atomic mass is 32.1. The molecule has 0 N–H and O–H groups in total. The Kier molecular flexibility index (Phi) is 6.39. The number of hydrogen-bond acceptors (Lipinski definition) is 3. The predicted octanol–water partition coefficient (Wildman–Crippen LogP) is 13.8. The second-order valence-electron chi connectivity index (χ2n) is 12.5. The molecule has 230 valence electrons. The molecule has 0 unspecified atom stereocenters. The lowest BCUT2D eigenvalue weighted by molar-refractivity contribution is 0.487. The maximum absolute atomic E-state index is 6.64. The quantitative estimate of drug-likeness (QED) is 0.185. The zero-order chi connectivity index (χ0) is 32.3. The van der Waals surface area contributed by atoms with Crippen molar-refractivity contribution in [1.82, 2.24) is 0 Å². The molecular weight excluding hydrogens is 615 g/mol. The lowest BCUT2D eigenvalue weighted by atomic mass is 9.89. The van der Waals surface area contributed by atoms with E-state index in [1.165, 1.54) is 53.3 Å². The van der Waals surface area contributed by atoms with Crippen LogP contribution in [0.1, 0.15) is 0 Å². The predicted molar refractivity (Wildman–Crippen MR) is 208 cm³/mol. The number of hydrogen-bond donors (Lipinski definition) is 0. The van der Waals surface area contributed by atoms with Gasteiger partial charge in [-0.3, -0.25) is 0 Å². The molecule has 1 aliphatic rings. The van der Waals surface area contributed by atoms with Crippen LogP contribution in [0.2, 0.25) is 0 Å². The fourth-order valence-corrected chi connectivity index (χ4v) is 8.60. The van der Waals surface area contributed by atoms with Gasteiger partial charge in [-0.2, -0.15) is 0 Å². The molecule has 0 bridgehead atoms. The van der Waals surface area contributed by atoms with E-state index in [0.29, 0.717) is 0 Å². The first kappa shape index (κ1) is 27.9. The first-order valence-corrected chi connectivity index (χ1v) is 17.4. The maximum atomic E-state index is 6.64. The summed E-state index contributed by atoms with van der Waals surface area (Å²) >= 11 is 1.86. The molecule has 0 radical (unpaired) electrons. The van der Waals surface area contributed by atoms with Gasteiger partial charge in [-0.1, -0.05) is 121 Å². The average molecular weight is 644 g/mol. The summed E-state index contributed by atoms with van der Waals surface area (Å²) in [5, 5.41) is 4.97. The number of ether oxygens (including phenoxy) is 1. The van der Waals surface area contributed by atoms with Crippen LogP contribution in [0.15, 0.2) is 176 Å². The number of anilines is 3. The Morgan fingerprint density at radius 1 is 0.408 bits per heavy atom. The molecular formula is C46H29NOS. The second kappa shape index (κ2) is 11.2. The van der Waals surface area contributed by atoms with Crippen LogP contribution in [0.3, 0.4) is 0 Å². The van der Waals surface area contributed by atoms with Gasteiger partial charge in [0.2, 0.25) is 0 Å². The molecule has 8 aromatic carbocycles. The molecule has 2 nitrogen and oxygen atoms in total. The molecule has 0 spiro atoms. The molecule has 2 heterocycles. The first-order valence-electron chi connectivity index (χ1n) is 16.6. The van der Waals surface area contributed by atoms with E-state index < -0.39 is 0 Å². The minimum Gasteiger partial charge on any atom is -0.456 e. The molecule has 1 aliphatic heterocycles. The van der Waals surface area contributed by atoms with Gasteiger partial charge in [0.15, 0.2) is 0 Å². The molecule has 0 amide bonds. The van der Waals surface area contributed by atoms with E-state index in [1.807, 2.05) is 11.3 Å². The fraction of sp³-hybridized carbons (Fsp3) is 0. The van der Waals surface area contributed by atoms with E-state index in [0.717, 1.165) is 39.6 Å². The van der Waals surface area contributed by atoms with Gasteiger partial charge in [-0.25, -0.2) is 0 Å². The molecule has 1 aromatic heterocycles. The van der Waals surface area contributed by atoms with Gasteiger partial charge in [-0.15, -0.1) is 11.3 Å². The summed E-state index contributed by atoms with van der Waals surface area (Å²) in [6, 6.07) is 63.0. The highest BCUT2D eigenvalue weighted by Crippen LogP contribution is 2.50. The van der Waals surface area contributed by atoms with E-state index in [-0.39, 0.29) is 0 Å². The minimum absolute atomic E-state index is 0.886. The van der Waals surface area contributed by atoms with Crippen molar-refractivity contribution < 1.29 is 4.74 Å². The summed E-state index contributed by atoms with van der Waals surface area (Å²) < 4.78 is 9.23. The SMILES string of the molecule is c1ccc(-c2ccc3c4c(cccc24)-c2ccc(-c4ccc(N(c5ccccc5)c5cccc6c5sc5ccccc56)cc4)cc2O3)cc1. The van der Waals surface area contributed by atoms with Crippen molar-refractivity contribution >= 4 is 59.3 Å². The van der Waals surface area contributed by atoms with E-state index in [9.17, 15) is 0 Å². The molecule has 9 aromatic rings. The lowest BCUT2D eigenvalue weighted by Crippen LogP contribution is -2.09. The van der Waals surface area contributed by atoms with Crippen LogP contribution in [0, 0.1) is 0 Å². The fourth-order valence-electron chi connectivity index (χ4n) is 7.40. The zero-order valence-electron chi connectivity index (χ0n) is 26.5. The van der Waals surface area contributed by atoms with Gasteiger partial charge in [0, 0.05) is 37.8 Å². The first-order chi connectivity index (χ1) is 24.3. The van der Waals surface area contributed by atoms with Crippen LogP contribution in [0.25, 0.3) is 64.3 Å². The smallest absolute Gasteiger partial charge is 0.135 e. The molecule has 49 heavy (non-hydrogen) atoms. The number of rotatable bonds is 5. The molecule has 10 rings (SSSR count). The third-order valence-electron chi connectivity index (χ3n) is 9.68. The van der Waals surface area contributed by atoms with E-state index in [1.54, 1.807) is 0 Å². The van der Waals surface area contributed by atoms with Crippen molar-refractivity contribution in [3.63, 3.8) is 0 Å². The molecule has 0 saturated carbocycles. The Morgan fingerprint density at radius 2 is 1.08 bits per heavy atom. The van der Waals surface area contributed by atoms with Gasteiger partial charge >= 0.3 is 0 Å². The Bertz CT molecular complexity index is 2680. The highest BCUT2D eigenvalue weighted by Gasteiger charge is 2.23. The van der Waals surface area contributed by atoms with Crippen molar-refractivity contribution in [3.8, 4) is 44.9 Å². The van der Waals surface area contributed by atoms with Gasteiger partial charge < -0.3 is 9.64 Å². The van der Waals surface area contributed by atoms with Crippen molar-refractivity contribution in [1.29, 1.82) is 0 Å². The van der Waals surface area contributed by atoms with Gasteiger partial charge in [0.05, 0.1) is 10.4 Å². The molecule has 0 saturated heterocycles. The van der Waals surface area contributed by atoms with Crippen molar-refractivity contribution in [2.24, 2.45) is 0 Å². The number of para-hydroxylation sites is 1. The number of fused-ring (bicyclic) bond motifs is 5. The van der Waals surface area contributed by atoms with Crippen LogP contribution in [-0.2, 0) is 0 Å². The van der Waals surface area contributed by atoms with Crippen LogP contribution < -0.4 is 9.64 Å². The molecule has 0 fully saturated rings.